The Morgan fingerprint density at radius 2 is 2.21 bits per heavy atom. The van der Waals surface area contributed by atoms with Gasteiger partial charge in [0, 0.05) is 17.9 Å². The minimum absolute atomic E-state index is 0.120. The van der Waals surface area contributed by atoms with E-state index in [4.69, 9.17) is 10.6 Å². The van der Waals surface area contributed by atoms with Gasteiger partial charge in [-0.1, -0.05) is 0 Å². The summed E-state index contributed by atoms with van der Waals surface area (Å²) in [5.74, 6) is 6.83. The summed E-state index contributed by atoms with van der Waals surface area (Å²) in [6, 6.07) is 0. The van der Waals surface area contributed by atoms with Crippen molar-refractivity contribution < 1.29 is 13.2 Å². The molecule has 0 spiro atoms. The number of ether oxygens (including phenoxy) is 1. The molecule has 0 radical (unpaired) electrons. The van der Waals surface area contributed by atoms with Crippen LogP contribution in [0.2, 0.25) is 0 Å². The largest absolute Gasteiger partial charge is 0.376 e. The van der Waals surface area contributed by atoms with Crippen LogP contribution in [0.1, 0.15) is 29.4 Å². The lowest BCUT2D eigenvalue weighted by molar-refractivity contribution is 0.109. The number of rotatable bonds is 2. The first-order valence-electron chi connectivity index (χ1n) is 6.23. The Kier molecular flexibility index (Phi) is 3.15. The highest BCUT2D eigenvalue weighted by Crippen LogP contribution is 2.30. The van der Waals surface area contributed by atoms with Gasteiger partial charge in [-0.25, -0.2) is 24.2 Å². The molecule has 3 rings (SSSR count). The number of sulfone groups is 1. The molecule has 0 aliphatic carbocycles. The van der Waals surface area contributed by atoms with Gasteiger partial charge in [-0.15, -0.1) is 0 Å². The fourth-order valence-corrected chi connectivity index (χ4v) is 4.29. The van der Waals surface area contributed by atoms with Crippen LogP contribution >= 0.6 is 0 Å². The van der Waals surface area contributed by atoms with Gasteiger partial charge in [0.1, 0.15) is 11.6 Å². The van der Waals surface area contributed by atoms with Crippen LogP contribution in [-0.2, 0) is 27.6 Å². The van der Waals surface area contributed by atoms with E-state index in [1.807, 2.05) is 0 Å². The summed E-state index contributed by atoms with van der Waals surface area (Å²) in [5, 5.41) is 0. The van der Waals surface area contributed by atoms with Crippen LogP contribution in [0.4, 0.5) is 5.82 Å². The van der Waals surface area contributed by atoms with Gasteiger partial charge in [0.05, 0.1) is 30.4 Å². The van der Waals surface area contributed by atoms with Gasteiger partial charge < -0.3 is 10.2 Å². The van der Waals surface area contributed by atoms with Gasteiger partial charge in [0.15, 0.2) is 9.84 Å². The second-order valence-electron chi connectivity index (χ2n) is 4.90. The predicted octanol–water partition coefficient (Wildman–Crippen LogP) is -0.263. The zero-order chi connectivity index (χ0) is 13.5. The van der Waals surface area contributed by atoms with E-state index in [0.29, 0.717) is 37.7 Å². The molecule has 104 valence electrons. The van der Waals surface area contributed by atoms with Gasteiger partial charge in [0.25, 0.3) is 0 Å². The molecule has 0 bridgehead atoms. The average molecular weight is 284 g/mol. The lowest BCUT2D eigenvalue weighted by Crippen LogP contribution is -2.21. The fourth-order valence-electron chi connectivity index (χ4n) is 2.55. The maximum atomic E-state index is 11.5. The number of hydrogen-bond acceptors (Lipinski definition) is 7. The molecule has 0 aromatic carbocycles. The molecule has 7 nitrogen and oxygen atoms in total. The summed E-state index contributed by atoms with van der Waals surface area (Å²) >= 11 is 0. The number of nitrogen functional groups attached to an aromatic ring is 1. The molecule has 1 aromatic rings. The number of nitrogens with one attached hydrogen (secondary N) is 1. The van der Waals surface area contributed by atoms with Crippen molar-refractivity contribution >= 4 is 15.7 Å². The molecule has 3 N–H and O–H groups in total. The maximum absolute atomic E-state index is 11.5. The van der Waals surface area contributed by atoms with Crippen molar-refractivity contribution in [2.75, 3.05) is 23.5 Å². The van der Waals surface area contributed by atoms with Crippen LogP contribution in [0.3, 0.4) is 0 Å². The van der Waals surface area contributed by atoms with E-state index in [0.717, 1.165) is 11.3 Å². The highest BCUT2D eigenvalue weighted by molar-refractivity contribution is 7.91. The van der Waals surface area contributed by atoms with Crippen LogP contribution in [0.5, 0.6) is 0 Å². The van der Waals surface area contributed by atoms with Gasteiger partial charge in [-0.05, 0) is 6.42 Å². The molecule has 1 fully saturated rings. The number of fused-ring (bicyclic) bond motifs is 1. The van der Waals surface area contributed by atoms with Crippen molar-refractivity contribution in [1.82, 2.24) is 9.97 Å². The van der Waals surface area contributed by atoms with Gasteiger partial charge >= 0.3 is 0 Å². The lowest BCUT2D eigenvalue weighted by atomic mass is 10.1. The van der Waals surface area contributed by atoms with Crippen LogP contribution in [0.25, 0.3) is 0 Å². The van der Waals surface area contributed by atoms with Crippen molar-refractivity contribution in [2.45, 2.75) is 25.4 Å². The Morgan fingerprint density at radius 1 is 1.37 bits per heavy atom. The molecule has 2 aliphatic rings. The molecule has 0 saturated carbocycles. The number of nitrogens with two attached hydrogens (primary N) is 1. The molecule has 0 amide bonds. The molecule has 1 unspecified atom stereocenters. The molecule has 19 heavy (non-hydrogen) atoms. The van der Waals surface area contributed by atoms with Crippen molar-refractivity contribution in [3.05, 3.63) is 17.1 Å². The number of anilines is 1. The topological polar surface area (TPSA) is 107 Å². The second-order valence-corrected chi connectivity index (χ2v) is 7.13. The molecule has 2 aliphatic heterocycles. The Bertz CT molecular complexity index is 585. The van der Waals surface area contributed by atoms with E-state index in [2.05, 4.69) is 15.4 Å². The molecule has 1 saturated heterocycles. The summed E-state index contributed by atoms with van der Waals surface area (Å²) < 4.78 is 28.4. The first-order valence-corrected chi connectivity index (χ1v) is 8.05. The summed E-state index contributed by atoms with van der Waals surface area (Å²) in [4.78, 5) is 8.88. The standard InChI is InChI=1S/C11H16N4O3S/c12-15-11-8-5-18-3-1-9(8)13-10(14-11)7-2-4-19(16,17)6-7/h7H,1-6,12H2,(H,13,14,15). The average Bonchev–Trinajstić information content (AvgIpc) is 2.78. The molecular formula is C11H16N4O3S. The van der Waals surface area contributed by atoms with Crippen molar-refractivity contribution in [3.8, 4) is 0 Å². The third-order valence-electron chi connectivity index (χ3n) is 3.57. The second kappa shape index (κ2) is 4.69. The van der Waals surface area contributed by atoms with E-state index in [-0.39, 0.29) is 17.4 Å². The van der Waals surface area contributed by atoms with Crippen LogP contribution < -0.4 is 11.3 Å². The van der Waals surface area contributed by atoms with E-state index < -0.39 is 9.84 Å². The predicted molar refractivity (Wildman–Crippen MR) is 69.2 cm³/mol. The van der Waals surface area contributed by atoms with Crippen molar-refractivity contribution in [3.63, 3.8) is 0 Å². The first-order chi connectivity index (χ1) is 9.09. The minimum Gasteiger partial charge on any atom is -0.376 e. The Labute approximate surface area is 111 Å². The van der Waals surface area contributed by atoms with E-state index >= 15 is 0 Å². The summed E-state index contributed by atoms with van der Waals surface area (Å²) in [7, 11) is -2.94. The van der Waals surface area contributed by atoms with Crippen molar-refractivity contribution in [2.24, 2.45) is 5.84 Å². The maximum Gasteiger partial charge on any atom is 0.151 e. The Balaban J connectivity index is 1.99. The lowest BCUT2D eigenvalue weighted by Gasteiger charge is -2.20. The third kappa shape index (κ3) is 2.43. The summed E-state index contributed by atoms with van der Waals surface area (Å²) in [6.45, 7) is 1.06. The molecule has 1 aromatic heterocycles. The van der Waals surface area contributed by atoms with E-state index in [1.165, 1.54) is 0 Å². The SMILES string of the molecule is NNc1nc(C2CCS(=O)(=O)C2)nc2c1COCC2. The van der Waals surface area contributed by atoms with Gasteiger partial charge in [-0.2, -0.15) is 0 Å². The van der Waals surface area contributed by atoms with Crippen LogP contribution in [0, 0.1) is 0 Å². The minimum atomic E-state index is -2.94. The number of aromatic nitrogens is 2. The fraction of sp³-hybridized carbons (Fsp3) is 0.636. The quantitative estimate of drug-likeness (QED) is 0.569. The Hall–Kier alpha value is -1.25. The third-order valence-corrected chi connectivity index (χ3v) is 5.34. The summed E-state index contributed by atoms with van der Waals surface area (Å²) in [6.07, 6.45) is 1.29. The smallest absolute Gasteiger partial charge is 0.151 e. The van der Waals surface area contributed by atoms with Crippen molar-refractivity contribution in [1.29, 1.82) is 0 Å². The Morgan fingerprint density at radius 3 is 2.89 bits per heavy atom. The van der Waals surface area contributed by atoms with E-state index in [9.17, 15) is 8.42 Å². The monoisotopic (exact) mass is 284 g/mol. The van der Waals surface area contributed by atoms with Crippen LogP contribution in [0.15, 0.2) is 0 Å². The van der Waals surface area contributed by atoms with Gasteiger partial charge in [-0.3, -0.25) is 0 Å². The highest BCUT2D eigenvalue weighted by Gasteiger charge is 2.32. The number of hydrogen-bond donors (Lipinski definition) is 2. The highest BCUT2D eigenvalue weighted by atomic mass is 32.2. The first kappa shape index (κ1) is 12.8. The molecule has 1 atom stereocenters. The number of nitrogens with zero attached hydrogens (tertiary/aromatic N) is 2. The van der Waals surface area contributed by atoms with Gasteiger partial charge in [0.2, 0.25) is 0 Å². The summed E-state index contributed by atoms with van der Waals surface area (Å²) in [5.41, 5.74) is 4.34. The molecule has 8 heteroatoms. The molecule has 3 heterocycles. The zero-order valence-corrected chi connectivity index (χ0v) is 11.2. The molecular weight excluding hydrogens is 268 g/mol. The van der Waals surface area contributed by atoms with E-state index in [1.54, 1.807) is 0 Å². The zero-order valence-electron chi connectivity index (χ0n) is 10.4. The van der Waals surface area contributed by atoms with Crippen LogP contribution in [-0.4, -0.2) is 36.5 Å². The number of hydrazine groups is 1. The normalized spacial score (nSPS) is 25.0.